The second-order valence-electron chi connectivity index (χ2n) is 4.98. The van der Waals surface area contributed by atoms with E-state index >= 15 is 0 Å². The topological polar surface area (TPSA) is 92.1 Å². The molecule has 0 bridgehead atoms. The highest BCUT2D eigenvalue weighted by molar-refractivity contribution is 5.39. The van der Waals surface area contributed by atoms with Crippen LogP contribution in [0.25, 0.3) is 0 Å². The van der Waals surface area contributed by atoms with Gasteiger partial charge in [-0.25, -0.2) is 0 Å². The minimum Gasteiger partial charge on any atom is -0.388 e. The lowest BCUT2D eigenvalue weighted by Gasteiger charge is -2.32. The zero-order valence-corrected chi connectivity index (χ0v) is 12.6. The van der Waals surface area contributed by atoms with Gasteiger partial charge in [0.15, 0.2) is 0 Å². The average Bonchev–Trinajstić information content (AvgIpc) is 2.81. The van der Waals surface area contributed by atoms with Crippen molar-refractivity contribution >= 4 is 0 Å². The van der Waals surface area contributed by atoms with Crippen LogP contribution in [0.5, 0.6) is 5.75 Å². The molecule has 114 valence electrons. The third-order valence-electron chi connectivity index (χ3n) is 3.76. The fourth-order valence-electron chi connectivity index (χ4n) is 2.40. The number of nitrogens with two attached hydrogens (primary N) is 1. The molecular weight excluding hydrogens is 290 g/mol. The Morgan fingerprint density at radius 3 is 2.52 bits per heavy atom. The highest BCUT2D eigenvalue weighted by Gasteiger charge is 2.33. The van der Waals surface area contributed by atoms with E-state index in [-0.39, 0.29) is 5.92 Å². The molecule has 0 radical (unpaired) electrons. The number of ether oxygens (including phenoxy) is 2. The van der Waals surface area contributed by atoms with Crippen molar-refractivity contribution in [1.82, 2.24) is 0 Å². The van der Waals surface area contributed by atoms with Crippen LogP contribution < -0.4 is 10.5 Å². The monoisotopic (exact) mass is 305 g/mol. The number of hydrogen-bond donors (Lipinski definition) is 1. The van der Waals surface area contributed by atoms with Crippen LogP contribution in [0.2, 0.25) is 0 Å². The van der Waals surface area contributed by atoms with Gasteiger partial charge in [-0.15, -0.1) is 10.5 Å². The Morgan fingerprint density at radius 2 is 1.91 bits per heavy atom. The Morgan fingerprint density at radius 1 is 1.22 bits per heavy atom. The van der Waals surface area contributed by atoms with E-state index in [0.29, 0.717) is 17.9 Å². The Bertz CT molecular complexity index is 770. The molecule has 0 saturated carbocycles. The second-order valence-corrected chi connectivity index (χ2v) is 4.98. The summed E-state index contributed by atoms with van der Waals surface area (Å²) in [6.45, 7) is 1.99. The summed E-state index contributed by atoms with van der Waals surface area (Å²) < 4.78 is 9.58. The molecule has 1 aliphatic carbocycles. The predicted octanol–water partition coefficient (Wildman–Crippen LogP) is 2.68. The predicted molar refractivity (Wildman–Crippen MR) is 84.0 cm³/mol. The van der Waals surface area contributed by atoms with Crippen molar-refractivity contribution in [3.8, 4) is 30.1 Å². The van der Waals surface area contributed by atoms with Crippen molar-refractivity contribution in [3.05, 3.63) is 53.8 Å². The number of hydrogen-bond acceptors (Lipinski definition) is 5. The van der Waals surface area contributed by atoms with Crippen molar-refractivity contribution < 1.29 is 9.47 Å². The lowest BCUT2D eigenvalue weighted by Crippen LogP contribution is -2.42. The quantitative estimate of drug-likeness (QED) is 0.667. The molecule has 23 heavy (non-hydrogen) atoms. The first-order valence-corrected chi connectivity index (χ1v) is 7.04. The van der Waals surface area contributed by atoms with Crippen molar-refractivity contribution in [3.63, 3.8) is 0 Å². The van der Waals surface area contributed by atoms with Gasteiger partial charge in [0, 0.05) is 6.08 Å². The number of nitrogens with zero attached hydrogens (tertiary/aromatic N) is 2. The minimum atomic E-state index is -0.704. The number of nitriles is 2. The summed E-state index contributed by atoms with van der Waals surface area (Å²) in [5.74, 6) is 6.57. The largest absolute Gasteiger partial charge is 0.388 e. The maximum Gasteiger partial charge on any atom is 0.292 e. The van der Waals surface area contributed by atoms with Gasteiger partial charge in [0.25, 0.3) is 12.5 Å². The molecule has 1 aromatic carbocycles. The van der Waals surface area contributed by atoms with E-state index in [9.17, 15) is 0 Å². The maximum atomic E-state index is 8.58. The van der Waals surface area contributed by atoms with Gasteiger partial charge in [-0.05, 0) is 30.2 Å². The van der Waals surface area contributed by atoms with E-state index < -0.39 is 5.54 Å². The molecule has 0 aliphatic heterocycles. The zero-order chi connectivity index (χ0) is 16.7. The average molecular weight is 305 g/mol. The van der Waals surface area contributed by atoms with E-state index in [1.54, 1.807) is 36.8 Å². The van der Waals surface area contributed by atoms with Crippen LogP contribution in [0.1, 0.15) is 18.9 Å². The maximum absolute atomic E-state index is 8.58. The molecule has 1 aromatic rings. The molecule has 0 fully saturated rings. The molecule has 0 amide bonds. The Hall–Kier alpha value is -3.20. The number of allylic oxidation sites excluding steroid dienone is 2. The summed E-state index contributed by atoms with van der Waals surface area (Å²) in [5.41, 5.74) is 6.80. The molecule has 2 N–H and O–H groups in total. The second kappa shape index (κ2) is 7.18. The van der Waals surface area contributed by atoms with Gasteiger partial charge >= 0.3 is 0 Å². The SMILES string of the molecule is CCC(N)(c1ccc(OC#N)cc1)C1C#CC=C(OC#N)C=C1. The van der Waals surface area contributed by atoms with Gasteiger partial charge in [-0.2, -0.15) is 0 Å². The molecule has 0 heterocycles. The lowest BCUT2D eigenvalue weighted by atomic mass is 9.77. The normalized spacial score (nSPS) is 18.1. The van der Waals surface area contributed by atoms with Crippen LogP contribution in [0, 0.1) is 40.8 Å². The molecule has 0 aromatic heterocycles. The Kier molecular flexibility index (Phi) is 5.05. The van der Waals surface area contributed by atoms with Gasteiger partial charge in [-0.3, -0.25) is 0 Å². The molecule has 0 saturated heterocycles. The van der Waals surface area contributed by atoms with Crippen LogP contribution in [0.15, 0.2) is 48.3 Å². The Balaban J connectivity index is 2.30. The molecule has 2 unspecified atom stereocenters. The van der Waals surface area contributed by atoms with Crippen molar-refractivity contribution in [2.45, 2.75) is 18.9 Å². The Labute approximate surface area is 135 Å². The molecule has 5 nitrogen and oxygen atoms in total. The summed E-state index contributed by atoms with van der Waals surface area (Å²) in [4.78, 5) is 0. The summed E-state index contributed by atoms with van der Waals surface area (Å²) in [7, 11) is 0. The molecular formula is C18H15N3O2. The van der Waals surface area contributed by atoms with Gasteiger partial charge in [-0.1, -0.05) is 37.0 Å². The van der Waals surface area contributed by atoms with Crippen LogP contribution in [0.3, 0.4) is 0 Å². The lowest BCUT2D eigenvalue weighted by molar-refractivity contribution is 0.368. The summed E-state index contributed by atoms with van der Waals surface area (Å²) in [6.07, 6.45) is 8.98. The number of rotatable bonds is 5. The molecule has 0 spiro atoms. The van der Waals surface area contributed by atoms with Crippen molar-refractivity contribution in [1.29, 1.82) is 10.5 Å². The minimum absolute atomic E-state index is 0.244. The first kappa shape index (κ1) is 16.2. The van der Waals surface area contributed by atoms with Gasteiger partial charge in [0.05, 0.1) is 11.5 Å². The fourth-order valence-corrected chi connectivity index (χ4v) is 2.40. The highest BCUT2D eigenvalue weighted by atomic mass is 16.5. The van der Waals surface area contributed by atoms with Gasteiger partial charge in [0.1, 0.15) is 11.5 Å². The van der Waals surface area contributed by atoms with E-state index in [1.807, 2.05) is 25.1 Å². The third-order valence-corrected chi connectivity index (χ3v) is 3.76. The zero-order valence-electron chi connectivity index (χ0n) is 12.6. The van der Waals surface area contributed by atoms with Crippen LogP contribution in [-0.2, 0) is 10.3 Å². The summed E-state index contributed by atoms with van der Waals surface area (Å²) >= 11 is 0. The van der Waals surface area contributed by atoms with Crippen LogP contribution >= 0.6 is 0 Å². The summed E-state index contributed by atoms with van der Waals surface area (Å²) in [6, 6.07) is 7.06. The van der Waals surface area contributed by atoms with Crippen molar-refractivity contribution in [2.24, 2.45) is 11.7 Å². The van der Waals surface area contributed by atoms with Gasteiger partial charge in [0.2, 0.25) is 0 Å². The van der Waals surface area contributed by atoms with E-state index in [0.717, 1.165) is 5.56 Å². The van der Waals surface area contributed by atoms with Crippen molar-refractivity contribution in [2.75, 3.05) is 0 Å². The highest BCUT2D eigenvalue weighted by Crippen LogP contribution is 2.33. The van der Waals surface area contributed by atoms with E-state index in [1.165, 1.54) is 0 Å². The number of benzene rings is 1. The molecule has 2 rings (SSSR count). The molecule has 5 heteroatoms. The smallest absolute Gasteiger partial charge is 0.292 e. The standard InChI is InChI=1S/C18H15N3O2/c1-2-18(21,15-7-10-17(11-8-15)23-13-20)14-4-3-5-16(9-6-14)22-12-19/h5-11,14H,2,21H2,1H3. The third kappa shape index (κ3) is 3.52. The first-order valence-electron chi connectivity index (χ1n) is 7.04. The molecule has 2 atom stereocenters. The first-order chi connectivity index (χ1) is 11.1. The fraction of sp³-hybridized carbons (Fsp3) is 0.222. The van der Waals surface area contributed by atoms with E-state index in [2.05, 4.69) is 11.8 Å². The van der Waals surface area contributed by atoms with Crippen LogP contribution in [-0.4, -0.2) is 0 Å². The summed E-state index contributed by atoms with van der Waals surface area (Å²) in [5, 5.41) is 17.1. The molecule has 1 aliphatic rings. The van der Waals surface area contributed by atoms with Gasteiger partial charge < -0.3 is 15.2 Å². The van der Waals surface area contributed by atoms with Crippen LogP contribution in [0.4, 0.5) is 0 Å². The van der Waals surface area contributed by atoms with E-state index in [4.69, 9.17) is 25.7 Å².